The minimum Gasteiger partial charge on any atom is -0.361 e. The van der Waals surface area contributed by atoms with Crippen LogP contribution in [-0.2, 0) is 6.54 Å². The van der Waals surface area contributed by atoms with Crippen molar-refractivity contribution in [2.75, 3.05) is 5.32 Å². The van der Waals surface area contributed by atoms with Gasteiger partial charge in [-0.3, -0.25) is 0 Å². The van der Waals surface area contributed by atoms with Gasteiger partial charge in [0.05, 0.1) is 5.69 Å². The molecule has 0 saturated carbocycles. The molecule has 3 aromatic rings. The standard InChI is InChI=1S/C13H15N5O/c1-8-5-4-6-12-15-13(16-18(8)12)14-7-11-9(2)17-19-10(11)3/h4-6H,7H2,1-3H3,(H,14,16). The van der Waals surface area contributed by atoms with Crippen molar-refractivity contribution in [3.8, 4) is 0 Å². The van der Waals surface area contributed by atoms with Crippen molar-refractivity contribution in [3.63, 3.8) is 0 Å². The molecule has 0 aliphatic carbocycles. The molecule has 0 fully saturated rings. The zero-order valence-corrected chi connectivity index (χ0v) is 11.1. The molecule has 1 N–H and O–H groups in total. The summed E-state index contributed by atoms with van der Waals surface area (Å²) in [5.41, 5.74) is 3.83. The van der Waals surface area contributed by atoms with Crippen LogP contribution < -0.4 is 5.32 Å². The fraction of sp³-hybridized carbons (Fsp3) is 0.308. The van der Waals surface area contributed by atoms with Crippen LogP contribution in [0.15, 0.2) is 22.7 Å². The number of fused-ring (bicyclic) bond motifs is 1. The predicted octanol–water partition coefficient (Wildman–Crippen LogP) is 2.25. The molecule has 0 saturated heterocycles. The van der Waals surface area contributed by atoms with Gasteiger partial charge >= 0.3 is 0 Å². The number of nitrogens with one attached hydrogen (secondary N) is 1. The van der Waals surface area contributed by atoms with Crippen LogP contribution in [0.2, 0.25) is 0 Å². The number of aromatic nitrogens is 4. The molecule has 0 unspecified atom stereocenters. The highest BCUT2D eigenvalue weighted by atomic mass is 16.5. The number of rotatable bonds is 3. The Labute approximate surface area is 110 Å². The van der Waals surface area contributed by atoms with Crippen LogP contribution in [0.25, 0.3) is 5.65 Å². The van der Waals surface area contributed by atoms with E-state index in [1.54, 1.807) is 0 Å². The number of pyridine rings is 1. The largest absolute Gasteiger partial charge is 0.361 e. The Morgan fingerprint density at radius 1 is 1.26 bits per heavy atom. The monoisotopic (exact) mass is 257 g/mol. The van der Waals surface area contributed by atoms with Crippen LogP contribution in [0.4, 0.5) is 5.95 Å². The molecule has 3 rings (SSSR count). The van der Waals surface area contributed by atoms with Gasteiger partial charge in [0.2, 0.25) is 5.95 Å². The lowest BCUT2D eigenvalue weighted by molar-refractivity contribution is 0.392. The van der Waals surface area contributed by atoms with Crippen molar-refractivity contribution in [2.24, 2.45) is 0 Å². The fourth-order valence-corrected chi connectivity index (χ4v) is 2.03. The molecule has 3 heterocycles. The second-order valence-electron chi connectivity index (χ2n) is 4.53. The van der Waals surface area contributed by atoms with Gasteiger partial charge in [-0.05, 0) is 32.9 Å². The van der Waals surface area contributed by atoms with Gasteiger partial charge in [0.25, 0.3) is 0 Å². The SMILES string of the molecule is Cc1noc(C)c1CNc1nc2cccc(C)n2n1. The van der Waals surface area contributed by atoms with Gasteiger partial charge in [-0.2, -0.15) is 4.98 Å². The van der Waals surface area contributed by atoms with Crippen molar-refractivity contribution >= 4 is 11.6 Å². The Hall–Kier alpha value is -2.37. The molecule has 19 heavy (non-hydrogen) atoms. The third kappa shape index (κ3) is 2.05. The smallest absolute Gasteiger partial charge is 0.243 e. The molecule has 0 aliphatic rings. The van der Waals surface area contributed by atoms with Gasteiger partial charge in [0.1, 0.15) is 5.76 Å². The van der Waals surface area contributed by atoms with Crippen molar-refractivity contribution in [1.29, 1.82) is 0 Å². The van der Waals surface area contributed by atoms with Crippen molar-refractivity contribution in [3.05, 3.63) is 40.9 Å². The van der Waals surface area contributed by atoms with E-state index >= 15 is 0 Å². The van der Waals surface area contributed by atoms with Crippen LogP contribution in [0, 0.1) is 20.8 Å². The van der Waals surface area contributed by atoms with Gasteiger partial charge in [-0.25, -0.2) is 4.52 Å². The van der Waals surface area contributed by atoms with Crippen LogP contribution in [0.5, 0.6) is 0 Å². The first-order valence-electron chi connectivity index (χ1n) is 6.13. The summed E-state index contributed by atoms with van der Waals surface area (Å²) in [6, 6.07) is 5.90. The van der Waals surface area contributed by atoms with E-state index < -0.39 is 0 Å². The highest BCUT2D eigenvalue weighted by Gasteiger charge is 2.10. The quantitative estimate of drug-likeness (QED) is 0.779. The number of hydrogen-bond donors (Lipinski definition) is 1. The maximum atomic E-state index is 5.13. The molecule has 0 amide bonds. The summed E-state index contributed by atoms with van der Waals surface area (Å²) < 4.78 is 6.94. The summed E-state index contributed by atoms with van der Waals surface area (Å²) >= 11 is 0. The van der Waals surface area contributed by atoms with Crippen LogP contribution >= 0.6 is 0 Å². The second kappa shape index (κ2) is 4.38. The third-order valence-corrected chi connectivity index (χ3v) is 3.15. The highest BCUT2D eigenvalue weighted by molar-refractivity contribution is 5.44. The Morgan fingerprint density at radius 3 is 2.79 bits per heavy atom. The summed E-state index contributed by atoms with van der Waals surface area (Å²) in [6.45, 7) is 6.43. The third-order valence-electron chi connectivity index (χ3n) is 3.15. The Morgan fingerprint density at radius 2 is 2.11 bits per heavy atom. The van der Waals surface area contributed by atoms with E-state index in [1.165, 1.54) is 0 Å². The van der Waals surface area contributed by atoms with Gasteiger partial charge in [-0.1, -0.05) is 11.2 Å². The molecule has 0 bridgehead atoms. The van der Waals surface area contributed by atoms with Crippen LogP contribution in [0.3, 0.4) is 0 Å². The molecule has 3 aromatic heterocycles. The maximum absolute atomic E-state index is 5.13. The number of anilines is 1. The Balaban J connectivity index is 1.84. The highest BCUT2D eigenvalue weighted by Crippen LogP contribution is 2.14. The van der Waals surface area contributed by atoms with Gasteiger partial charge < -0.3 is 9.84 Å². The summed E-state index contributed by atoms with van der Waals surface area (Å²) in [4.78, 5) is 4.42. The number of hydrogen-bond acceptors (Lipinski definition) is 5. The minimum absolute atomic E-state index is 0.606. The maximum Gasteiger partial charge on any atom is 0.243 e. The van der Waals surface area contributed by atoms with E-state index in [4.69, 9.17) is 4.52 Å². The van der Waals surface area contributed by atoms with E-state index in [9.17, 15) is 0 Å². The van der Waals surface area contributed by atoms with E-state index in [-0.39, 0.29) is 0 Å². The normalized spacial score (nSPS) is 11.1. The molecule has 0 spiro atoms. The van der Waals surface area contributed by atoms with Crippen LogP contribution in [0.1, 0.15) is 22.7 Å². The lowest BCUT2D eigenvalue weighted by Gasteiger charge is -2.00. The molecule has 6 nitrogen and oxygen atoms in total. The Bertz CT molecular complexity index is 708. The molecule has 6 heteroatoms. The Kier molecular flexibility index (Phi) is 2.70. The average molecular weight is 257 g/mol. The molecular weight excluding hydrogens is 242 g/mol. The second-order valence-corrected chi connectivity index (χ2v) is 4.53. The van der Waals surface area contributed by atoms with Gasteiger partial charge in [0.15, 0.2) is 5.65 Å². The van der Waals surface area contributed by atoms with Crippen LogP contribution in [-0.4, -0.2) is 19.8 Å². The summed E-state index contributed by atoms with van der Waals surface area (Å²) in [5, 5.41) is 11.5. The molecule has 0 aliphatic heterocycles. The first kappa shape index (κ1) is 11.7. The zero-order valence-electron chi connectivity index (χ0n) is 11.1. The summed E-state index contributed by atoms with van der Waals surface area (Å²) in [5.74, 6) is 1.43. The first-order valence-corrected chi connectivity index (χ1v) is 6.13. The topological polar surface area (TPSA) is 68.2 Å². The zero-order chi connectivity index (χ0) is 13.4. The molecule has 0 radical (unpaired) electrons. The minimum atomic E-state index is 0.606. The summed E-state index contributed by atoms with van der Waals surface area (Å²) in [6.07, 6.45) is 0. The van der Waals surface area contributed by atoms with Crippen molar-refractivity contribution in [1.82, 2.24) is 19.8 Å². The van der Waals surface area contributed by atoms with Gasteiger partial charge in [0, 0.05) is 17.8 Å². The number of aryl methyl sites for hydroxylation is 3. The van der Waals surface area contributed by atoms with E-state index in [0.29, 0.717) is 12.5 Å². The van der Waals surface area contributed by atoms with Crippen molar-refractivity contribution in [2.45, 2.75) is 27.3 Å². The average Bonchev–Trinajstić information content (AvgIpc) is 2.93. The predicted molar refractivity (Wildman–Crippen MR) is 71.0 cm³/mol. The van der Waals surface area contributed by atoms with Crippen molar-refractivity contribution < 1.29 is 4.52 Å². The fourth-order valence-electron chi connectivity index (χ4n) is 2.03. The molecule has 98 valence electrons. The van der Waals surface area contributed by atoms with E-state index in [1.807, 2.05) is 43.5 Å². The van der Waals surface area contributed by atoms with Gasteiger partial charge in [-0.15, -0.1) is 5.10 Å². The molecule has 0 atom stereocenters. The first-order chi connectivity index (χ1) is 9.15. The van der Waals surface area contributed by atoms with E-state index in [2.05, 4.69) is 20.6 Å². The lowest BCUT2D eigenvalue weighted by Crippen LogP contribution is -2.03. The lowest BCUT2D eigenvalue weighted by atomic mass is 10.2. The van der Waals surface area contributed by atoms with E-state index in [0.717, 1.165) is 28.4 Å². The molecular formula is C13H15N5O. The summed E-state index contributed by atoms with van der Waals surface area (Å²) in [7, 11) is 0. The molecule has 0 aromatic carbocycles. The number of nitrogens with zero attached hydrogens (tertiary/aromatic N) is 4.